The molecule has 2 heterocycles. The van der Waals surface area contributed by atoms with E-state index in [1.54, 1.807) is 0 Å². The number of nitrogens with zero attached hydrogens (tertiary/aromatic N) is 1. The fourth-order valence-electron chi connectivity index (χ4n) is 1.80. The maximum Gasteiger partial charge on any atom is 0.341 e. The molecule has 2 rings (SSSR count). The van der Waals surface area contributed by atoms with Gasteiger partial charge in [-0.05, 0) is 0 Å². The van der Waals surface area contributed by atoms with E-state index in [0.717, 1.165) is 17.3 Å². The number of aromatic nitrogens is 1. The van der Waals surface area contributed by atoms with Gasteiger partial charge in [-0.15, -0.1) is 0 Å². The summed E-state index contributed by atoms with van der Waals surface area (Å²) in [5.74, 6) is -1.34. The van der Waals surface area contributed by atoms with Gasteiger partial charge in [0.25, 0.3) is 0 Å². The molecule has 1 fully saturated rings. The first-order chi connectivity index (χ1) is 9.04. The Balaban J connectivity index is 2.34. The molecule has 1 aromatic heterocycles. The lowest BCUT2D eigenvalue weighted by Crippen LogP contribution is -2.41. The van der Waals surface area contributed by atoms with Crippen LogP contribution in [0.3, 0.4) is 0 Å². The summed E-state index contributed by atoms with van der Waals surface area (Å²) in [6.07, 6.45) is 1.39. The molecule has 4 N–H and O–H groups in total. The standard InChI is InChI=1S/C10H10N4O5/c15-4-13-14-7(3-12-10(14)19)6-1-8(16)5(2-11-6)9(17)18/h1-2,4,7H,3H2,(H,11,16)(H,12,19)(H,13,15)(H,17,18). The number of hydrogen-bond acceptors (Lipinski definition) is 4. The van der Waals surface area contributed by atoms with Crippen LogP contribution < -0.4 is 16.2 Å². The van der Waals surface area contributed by atoms with E-state index < -0.39 is 29.0 Å². The lowest BCUT2D eigenvalue weighted by atomic mass is 10.1. The highest BCUT2D eigenvalue weighted by Gasteiger charge is 2.33. The first-order valence-electron chi connectivity index (χ1n) is 5.27. The third-order valence-electron chi connectivity index (χ3n) is 2.69. The van der Waals surface area contributed by atoms with Gasteiger partial charge in [-0.2, -0.15) is 0 Å². The molecule has 3 amide bonds. The van der Waals surface area contributed by atoms with Crippen molar-refractivity contribution in [1.82, 2.24) is 20.7 Å². The Hall–Kier alpha value is -2.84. The molecule has 1 atom stereocenters. The Kier molecular flexibility index (Phi) is 3.19. The monoisotopic (exact) mass is 266 g/mol. The highest BCUT2D eigenvalue weighted by atomic mass is 16.4. The zero-order valence-corrected chi connectivity index (χ0v) is 9.54. The van der Waals surface area contributed by atoms with Crippen molar-refractivity contribution in [2.45, 2.75) is 6.04 Å². The van der Waals surface area contributed by atoms with Crippen molar-refractivity contribution in [3.05, 3.63) is 33.7 Å². The molecule has 100 valence electrons. The molecule has 0 aromatic carbocycles. The summed E-state index contributed by atoms with van der Waals surface area (Å²) in [7, 11) is 0. The van der Waals surface area contributed by atoms with Crippen molar-refractivity contribution in [3.63, 3.8) is 0 Å². The molecular formula is C10H10N4O5. The van der Waals surface area contributed by atoms with Gasteiger partial charge in [-0.3, -0.25) is 15.0 Å². The topological polar surface area (TPSA) is 132 Å². The lowest BCUT2D eigenvalue weighted by Gasteiger charge is -2.21. The van der Waals surface area contributed by atoms with Gasteiger partial charge in [0.15, 0.2) is 5.43 Å². The van der Waals surface area contributed by atoms with Crippen molar-refractivity contribution < 1.29 is 19.5 Å². The molecule has 0 radical (unpaired) electrons. The van der Waals surface area contributed by atoms with Gasteiger partial charge in [-0.1, -0.05) is 0 Å². The van der Waals surface area contributed by atoms with Crippen molar-refractivity contribution in [2.75, 3.05) is 6.54 Å². The van der Waals surface area contributed by atoms with E-state index >= 15 is 0 Å². The van der Waals surface area contributed by atoms with E-state index in [1.165, 1.54) is 0 Å². The summed E-state index contributed by atoms with van der Waals surface area (Å²) >= 11 is 0. The van der Waals surface area contributed by atoms with E-state index in [9.17, 15) is 19.2 Å². The van der Waals surface area contributed by atoms with E-state index in [4.69, 9.17) is 5.11 Å². The van der Waals surface area contributed by atoms with Crippen LogP contribution in [0.25, 0.3) is 0 Å². The molecule has 9 nitrogen and oxygen atoms in total. The molecular weight excluding hydrogens is 256 g/mol. The largest absolute Gasteiger partial charge is 0.477 e. The SMILES string of the molecule is O=CNN1C(=O)NCC1c1cc(=O)c(C(=O)O)c[nH]1. The number of carboxylic acids is 1. The molecule has 1 aliphatic heterocycles. The number of carbonyl (C=O) groups is 3. The zero-order chi connectivity index (χ0) is 14.0. The zero-order valence-electron chi connectivity index (χ0n) is 9.54. The predicted octanol–water partition coefficient (Wildman–Crippen LogP) is -1.20. The number of amides is 3. The second-order valence-electron chi connectivity index (χ2n) is 3.79. The molecule has 19 heavy (non-hydrogen) atoms. The summed E-state index contributed by atoms with van der Waals surface area (Å²) in [5.41, 5.74) is 1.46. The van der Waals surface area contributed by atoms with Crippen LogP contribution in [0, 0.1) is 0 Å². The van der Waals surface area contributed by atoms with Crippen LogP contribution in [0.15, 0.2) is 17.1 Å². The Labute approximate surface area is 106 Å². The lowest BCUT2D eigenvalue weighted by molar-refractivity contribution is -0.113. The summed E-state index contributed by atoms with van der Waals surface area (Å²) < 4.78 is 0. The highest BCUT2D eigenvalue weighted by molar-refractivity contribution is 5.87. The number of hydrazine groups is 1. The van der Waals surface area contributed by atoms with Gasteiger partial charge in [0.2, 0.25) is 6.41 Å². The number of H-pyrrole nitrogens is 1. The molecule has 0 spiro atoms. The van der Waals surface area contributed by atoms with Gasteiger partial charge in [0, 0.05) is 24.5 Å². The van der Waals surface area contributed by atoms with Crippen molar-refractivity contribution in [3.8, 4) is 0 Å². The first kappa shape index (κ1) is 12.6. The van der Waals surface area contributed by atoms with Crippen LogP contribution in [0.4, 0.5) is 4.79 Å². The Bertz CT molecular complexity index is 596. The Morgan fingerprint density at radius 3 is 2.84 bits per heavy atom. The molecule has 1 aromatic rings. The molecule has 1 unspecified atom stereocenters. The summed E-state index contributed by atoms with van der Waals surface area (Å²) in [5, 5.41) is 12.2. The van der Waals surface area contributed by atoms with Gasteiger partial charge in [-0.25, -0.2) is 14.6 Å². The second kappa shape index (κ2) is 4.80. The smallest absolute Gasteiger partial charge is 0.341 e. The number of nitrogens with one attached hydrogen (secondary N) is 3. The minimum Gasteiger partial charge on any atom is -0.477 e. The van der Waals surface area contributed by atoms with Crippen LogP contribution in [-0.2, 0) is 4.79 Å². The number of carboxylic acid groups (broad SMARTS) is 1. The third-order valence-corrected chi connectivity index (χ3v) is 2.69. The fraction of sp³-hybridized carbons (Fsp3) is 0.200. The highest BCUT2D eigenvalue weighted by Crippen LogP contribution is 2.19. The molecule has 0 bridgehead atoms. The minimum atomic E-state index is -1.34. The minimum absolute atomic E-state index is 0.183. The molecule has 0 aliphatic carbocycles. The van der Waals surface area contributed by atoms with Crippen LogP contribution in [0.5, 0.6) is 0 Å². The molecule has 0 saturated carbocycles. The van der Waals surface area contributed by atoms with E-state index in [0.29, 0.717) is 12.1 Å². The first-order valence-corrected chi connectivity index (χ1v) is 5.27. The number of carbonyl (C=O) groups excluding carboxylic acids is 2. The van der Waals surface area contributed by atoms with Crippen LogP contribution in [-0.4, -0.2) is 40.1 Å². The average molecular weight is 266 g/mol. The summed E-state index contributed by atoms with van der Waals surface area (Å²) in [6.45, 7) is 0.183. The number of urea groups is 1. The fourth-order valence-corrected chi connectivity index (χ4v) is 1.80. The quantitative estimate of drug-likeness (QED) is 0.508. The predicted molar refractivity (Wildman–Crippen MR) is 61.2 cm³/mol. The third kappa shape index (κ3) is 2.25. The maximum absolute atomic E-state index is 11.6. The summed E-state index contributed by atoms with van der Waals surface area (Å²) in [6, 6.07) is -0.0260. The Morgan fingerprint density at radius 1 is 1.53 bits per heavy atom. The maximum atomic E-state index is 11.6. The van der Waals surface area contributed by atoms with Crippen LogP contribution in [0.1, 0.15) is 22.1 Å². The van der Waals surface area contributed by atoms with Gasteiger partial charge >= 0.3 is 12.0 Å². The molecule has 1 saturated heterocycles. The Morgan fingerprint density at radius 2 is 2.26 bits per heavy atom. The van der Waals surface area contributed by atoms with E-state index in [1.807, 2.05) is 0 Å². The average Bonchev–Trinajstić information content (AvgIpc) is 2.71. The van der Waals surface area contributed by atoms with Gasteiger partial charge in [0.1, 0.15) is 11.6 Å². The number of rotatable bonds is 4. The van der Waals surface area contributed by atoms with Crippen LogP contribution in [0.2, 0.25) is 0 Å². The van der Waals surface area contributed by atoms with Crippen molar-refractivity contribution in [1.29, 1.82) is 0 Å². The van der Waals surface area contributed by atoms with Crippen LogP contribution >= 0.6 is 0 Å². The van der Waals surface area contributed by atoms with Crippen molar-refractivity contribution in [2.24, 2.45) is 0 Å². The number of hydrogen-bond donors (Lipinski definition) is 4. The van der Waals surface area contributed by atoms with Crippen molar-refractivity contribution >= 4 is 18.4 Å². The van der Waals surface area contributed by atoms with E-state index in [2.05, 4.69) is 15.7 Å². The summed E-state index contributed by atoms with van der Waals surface area (Å²) in [4.78, 5) is 46.8. The molecule has 9 heteroatoms. The molecule has 1 aliphatic rings. The number of aromatic amines is 1. The van der Waals surface area contributed by atoms with E-state index in [-0.39, 0.29) is 6.54 Å². The second-order valence-corrected chi connectivity index (χ2v) is 3.79. The number of pyridine rings is 1. The van der Waals surface area contributed by atoms with Gasteiger partial charge < -0.3 is 15.4 Å². The van der Waals surface area contributed by atoms with Gasteiger partial charge in [0.05, 0.1) is 0 Å². The number of aromatic carboxylic acids is 1. The normalized spacial score (nSPS) is 18.0.